The molecule has 2 aromatic heterocycles. The van der Waals surface area contributed by atoms with Gasteiger partial charge in [0.25, 0.3) is 0 Å². The lowest BCUT2D eigenvalue weighted by molar-refractivity contribution is -0.135. The van der Waals surface area contributed by atoms with Crippen molar-refractivity contribution in [3.8, 4) is 9.75 Å². The van der Waals surface area contributed by atoms with E-state index in [1.165, 1.54) is 12.1 Å². The van der Waals surface area contributed by atoms with Crippen LogP contribution in [0.5, 0.6) is 0 Å². The molecule has 0 nitrogen and oxygen atoms in total. The summed E-state index contributed by atoms with van der Waals surface area (Å²) in [6, 6.07) is 4.10. The summed E-state index contributed by atoms with van der Waals surface area (Å²) in [7, 11) is 0. The normalized spacial score (nSPS) is 13.0. The van der Waals surface area contributed by atoms with E-state index in [0.29, 0.717) is 22.7 Å². The maximum atomic E-state index is 12.3. The van der Waals surface area contributed by atoms with Crippen molar-refractivity contribution in [1.82, 2.24) is 0 Å². The van der Waals surface area contributed by atoms with Crippen molar-refractivity contribution in [3.05, 3.63) is 34.0 Å². The van der Waals surface area contributed by atoms with E-state index in [1.807, 2.05) is 0 Å². The molecule has 0 unspecified atom stereocenters. The number of alkyl halides is 6. The Morgan fingerprint density at radius 1 is 0.611 bits per heavy atom. The average Bonchev–Trinajstić information content (AvgIpc) is 2.84. The van der Waals surface area contributed by atoms with E-state index in [4.69, 9.17) is 0 Å². The predicted octanol–water partition coefficient (Wildman–Crippen LogP) is 5.51. The van der Waals surface area contributed by atoms with Gasteiger partial charge in [-0.3, -0.25) is 0 Å². The van der Waals surface area contributed by atoms with Crippen LogP contribution in [-0.4, -0.2) is 0 Å². The molecule has 0 spiro atoms. The van der Waals surface area contributed by atoms with E-state index >= 15 is 0 Å². The molecule has 0 aliphatic rings. The Hall–Kier alpha value is -1.02. The molecule has 2 aromatic rings. The Bertz CT molecular complexity index is 495. The number of hydrogen-bond acceptors (Lipinski definition) is 2. The summed E-state index contributed by atoms with van der Waals surface area (Å²) in [6.07, 6.45) is -8.93. The van der Waals surface area contributed by atoms with Crippen LogP contribution in [0.4, 0.5) is 26.3 Å². The van der Waals surface area contributed by atoms with Gasteiger partial charge in [-0.25, -0.2) is 0 Å². The summed E-state index contributed by atoms with van der Waals surface area (Å²) in [4.78, 5) is -1.27. The summed E-state index contributed by atoms with van der Waals surface area (Å²) < 4.78 is 74.1. The van der Waals surface area contributed by atoms with Gasteiger partial charge < -0.3 is 0 Å². The molecule has 0 saturated carbocycles. The van der Waals surface area contributed by atoms with Gasteiger partial charge in [0, 0.05) is 9.75 Å². The van der Waals surface area contributed by atoms with Crippen molar-refractivity contribution in [1.29, 1.82) is 0 Å². The largest absolute Gasteiger partial charge is 0.425 e. The lowest BCUT2D eigenvalue weighted by Crippen LogP contribution is -2.00. The third-order valence-corrected chi connectivity index (χ3v) is 4.47. The van der Waals surface area contributed by atoms with E-state index in [2.05, 4.69) is 0 Å². The van der Waals surface area contributed by atoms with Crippen LogP contribution in [0.1, 0.15) is 9.75 Å². The molecule has 0 bridgehead atoms. The van der Waals surface area contributed by atoms with Gasteiger partial charge in [-0.2, -0.15) is 26.3 Å². The number of hydrogen-bond donors (Lipinski definition) is 0. The standard InChI is InChI=1S/C10H4F6S2/c11-9(12,13)7-3-1-5(17-7)6-2-4-8(18-6)10(14,15)16/h1-4H. The molecule has 0 aliphatic carbocycles. The van der Waals surface area contributed by atoms with Gasteiger partial charge in [-0.1, -0.05) is 0 Å². The van der Waals surface area contributed by atoms with Crippen LogP contribution in [0, 0.1) is 0 Å². The molecule has 0 N–H and O–H groups in total. The van der Waals surface area contributed by atoms with E-state index < -0.39 is 22.1 Å². The van der Waals surface area contributed by atoms with Crippen LogP contribution in [0.15, 0.2) is 24.3 Å². The van der Waals surface area contributed by atoms with E-state index in [0.717, 1.165) is 12.1 Å². The molecule has 2 heterocycles. The Morgan fingerprint density at radius 3 is 1.17 bits per heavy atom. The third-order valence-electron chi connectivity index (χ3n) is 2.01. The van der Waals surface area contributed by atoms with Crippen LogP contribution in [0.25, 0.3) is 9.75 Å². The molecular weight excluding hydrogens is 298 g/mol. The van der Waals surface area contributed by atoms with Crippen LogP contribution < -0.4 is 0 Å². The number of halogens is 6. The molecular formula is C10H4F6S2. The lowest BCUT2D eigenvalue weighted by atomic mass is 10.3. The van der Waals surface area contributed by atoms with E-state index in [9.17, 15) is 26.3 Å². The van der Waals surface area contributed by atoms with Gasteiger partial charge in [-0.15, -0.1) is 22.7 Å². The molecule has 8 heteroatoms. The van der Waals surface area contributed by atoms with Crippen LogP contribution in [0.3, 0.4) is 0 Å². The second-order valence-electron chi connectivity index (χ2n) is 3.32. The summed E-state index contributed by atoms with van der Waals surface area (Å²) in [6.45, 7) is 0. The average molecular weight is 302 g/mol. The molecule has 0 amide bonds. The minimum atomic E-state index is -4.47. The molecule has 0 fully saturated rings. The van der Waals surface area contributed by atoms with Crippen molar-refractivity contribution in [2.45, 2.75) is 12.4 Å². The van der Waals surface area contributed by atoms with Crippen molar-refractivity contribution in [2.24, 2.45) is 0 Å². The highest BCUT2D eigenvalue weighted by Crippen LogP contribution is 2.43. The predicted molar refractivity (Wildman–Crippen MR) is 57.6 cm³/mol. The fraction of sp³-hybridized carbons (Fsp3) is 0.200. The second kappa shape index (κ2) is 4.27. The highest BCUT2D eigenvalue weighted by atomic mass is 32.1. The summed E-state index contributed by atoms with van der Waals surface area (Å²) in [5.41, 5.74) is 0. The second-order valence-corrected chi connectivity index (χ2v) is 5.49. The first kappa shape index (κ1) is 13.4. The highest BCUT2D eigenvalue weighted by molar-refractivity contribution is 7.22. The quantitative estimate of drug-likeness (QED) is 0.609. The third kappa shape index (κ3) is 2.69. The maximum Gasteiger partial charge on any atom is 0.425 e. The zero-order valence-corrected chi connectivity index (χ0v) is 10.0. The summed E-state index contributed by atoms with van der Waals surface area (Å²) in [5, 5.41) is 0. The van der Waals surface area contributed by atoms with E-state index in [1.54, 1.807) is 0 Å². The Morgan fingerprint density at radius 2 is 0.944 bits per heavy atom. The van der Waals surface area contributed by atoms with Crippen LogP contribution in [-0.2, 0) is 12.4 Å². The van der Waals surface area contributed by atoms with Crippen molar-refractivity contribution >= 4 is 22.7 Å². The minimum absolute atomic E-state index is 0.183. The van der Waals surface area contributed by atoms with Crippen molar-refractivity contribution < 1.29 is 26.3 Å². The lowest BCUT2D eigenvalue weighted by Gasteiger charge is -2.01. The zero-order chi connectivity index (χ0) is 13.6. The molecule has 0 aliphatic heterocycles. The van der Waals surface area contributed by atoms with Gasteiger partial charge in [0.15, 0.2) is 0 Å². The fourth-order valence-electron chi connectivity index (χ4n) is 1.25. The smallest absolute Gasteiger partial charge is 0.165 e. The Kier molecular flexibility index (Phi) is 3.18. The van der Waals surface area contributed by atoms with Crippen molar-refractivity contribution in [2.75, 3.05) is 0 Å². The topological polar surface area (TPSA) is 0 Å². The van der Waals surface area contributed by atoms with Crippen molar-refractivity contribution in [3.63, 3.8) is 0 Å². The van der Waals surface area contributed by atoms with Gasteiger partial charge in [-0.05, 0) is 24.3 Å². The number of thiophene rings is 2. The number of rotatable bonds is 1. The van der Waals surface area contributed by atoms with Gasteiger partial charge in [0.1, 0.15) is 9.75 Å². The van der Waals surface area contributed by atoms with E-state index in [-0.39, 0.29) is 9.75 Å². The maximum absolute atomic E-state index is 12.3. The highest BCUT2D eigenvalue weighted by Gasteiger charge is 2.34. The Labute approximate surface area is 105 Å². The molecule has 18 heavy (non-hydrogen) atoms. The monoisotopic (exact) mass is 302 g/mol. The molecule has 2 rings (SSSR count). The minimum Gasteiger partial charge on any atom is -0.165 e. The molecule has 0 saturated heterocycles. The first-order chi connectivity index (χ1) is 8.18. The van der Waals surface area contributed by atoms with Crippen LogP contribution >= 0.6 is 22.7 Å². The van der Waals surface area contributed by atoms with Gasteiger partial charge in [0.2, 0.25) is 0 Å². The molecule has 0 radical (unpaired) electrons. The van der Waals surface area contributed by atoms with Gasteiger partial charge in [0.05, 0.1) is 0 Å². The first-order valence-electron chi connectivity index (χ1n) is 4.52. The summed E-state index contributed by atoms with van der Waals surface area (Å²) in [5.74, 6) is 0. The van der Waals surface area contributed by atoms with Crippen LogP contribution in [0.2, 0.25) is 0 Å². The fourth-order valence-corrected chi connectivity index (χ4v) is 3.08. The van der Waals surface area contributed by atoms with Gasteiger partial charge >= 0.3 is 12.4 Å². The molecule has 98 valence electrons. The SMILES string of the molecule is FC(F)(F)c1ccc(-c2ccc(C(F)(F)F)s2)s1. The summed E-state index contributed by atoms with van der Waals surface area (Å²) >= 11 is 0.870. The molecule has 0 aromatic carbocycles. The Balaban J connectivity index is 2.33. The zero-order valence-electron chi connectivity index (χ0n) is 8.39. The molecule has 0 atom stereocenters. The first-order valence-corrected chi connectivity index (χ1v) is 6.15.